The predicted octanol–water partition coefficient (Wildman–Crippen LogP) is 2.79. The summed E-state index contributed by atoms with van der Waals surface area (Å²) in [6.45, 7) is 3.60. The molecule has 2 N–H and O–H groups in total. The molecular formula is C19H21N3O3. The lowest BCUT2D eigenvalue weighted by Crippen LogP contribution is -2.59. The van der Waals surface area contributed by atoms with Crippen molar-refractivity contribution >= 4 is 17.5 Å². The van der Waals surface area contributed by atoms with Crippen molar-refractivity contribution in [3.63, 3.8) is 0 Å². The number of hydrazine groups is 1. The Morgan fingerprint density at radius 2 is 1.88 bits per heavy atom. The Balaban J connectivity index is 1.72. The van der Waals surface area contributed by atoms with Crippen molar-refractivity contribution in [3.05, 3.63) is 60.2 Å². The van der Waals surface area contributed by atoms with E-state index in [-0.39, 0.29) is 18.0 Å². The second kappa shape index (κ2) is 7.25. The van der Waals surface area contributed by atoms with Crippen LogP contribution in [0.4, 0.5) is 5.69 Å². The van der Waals surface area contributed by atoms with Gasteiger partial charge in [-0.25, -0.2) is 5.01 Å². The number of carbonyl (C=O) groups is 2. The Morgan fingerprint density at radius 3 is 2.60 bits per heavy atom. The van der Waals surface area contributed by atoms with Crippen molar-refractivity contribution in [2.75, 3.05) is 5.32 Å². The summed E-state index contributed by atoms with van der Waals surface area (Å²) < 4.78 is 5.62. The summed E-state index contributed by atoms with van der Waals surface area (Å²) in [6, 6.07) is 16.4. The minimum absolute atomic E-state index is 0.235. The maximum absolute atomic E-state index is 12.7. The number of hydrogen-bond acceptors (Lipinski definition) is 4. The smallest absolute Gasteiger partial charge is 0.279 e. The van der Waals surface area contributed by atoms with Gasteiger partial charge in [0.2, 0.25) is 0 Å². The molecule has 1 aliphatic heterocycles. The molecule has 2 unspecified atom stereocenters. The van der Waals surface area contributed by atoms with Crippen molar-refractivity contribution in [1.29, 1.82) is 0 Å². The van der Waals surface area contributed by atoms with Crippen LogP contribution in [-0.2, 0) is 4.79 Å². The zero-order valence-electron chi connectivity index (χ0n) is 14.2. The first kappa shape index (κ1) is 16.8. The number of fused-ring (bicyclic) bond motifs is 1. The van der Waals surface area contributed by atoms with Crippen LogP contribution in [0, 0.1) is 0 Å². The Morgan fingerprint density at radius 1 is 1.20 bits per heavy atom. The highest BCUT2D eigenvalue weighted by molar-refractivity contribution is 6.02. The van der Waals surface area contributed by atoms with Gasteiger partial charge in [-0.15, -0.1) is 0 Å². The molecule has 1 heterocycles. The van der Waals surface area contributed by atoms with Gasteiger partial charge in [-0.3, -0.25) is 15.0 Å². The monoisotopic (exact) mass is 339 g/mol. The molecule has 0 saturated heterocycles. The molecule has 3 rings (SSSR count). The third-order valence-corrected chi connectivity index (χ3v) is 4.05. The van der Waals surface area contributed by atoms with Crippen molar-refractivity contribution in [2.24, 2.45) is 0 Å². The summed E-state index contributed by atoms with van der Waals surface area (Å²) in [6.07, 6.45) is -0.394. The average Bonchev–Trinajstić information content (AvgIpc) is 2.64. The Hall–Kier alpha value is -3.02. The van der Waals surface area contributed by atoms with Gasteiger partial charge in [0.15, 0.2) is 6.10 Å². The van der Waals surface area contributed by atoms with Crippen LogP contribution in [0.15, 0.2) is 54.6 Å². The number of benzene rings is 2. The van der Waals surface area contributed by atoms with Crippen molar-refractivity contribution < 1.29 is 14.3 Å². The lowest BCUT2D eigenvalue weighted by Gasteiger charge is -2.37. The molecule has 25 heavy (non-hydrogen) atoms. The van der Waals surface area contributed by atoms with Gasteiger partial charge < -0.3 is 10.1 Å². The van der Waals surface area contributed by atoms with E-state index in [2.05, 4.69) is 10.7 Å². The molecule has 0 aromatic heterocycles. The number of anilines is 1. The van der Waals surface area contributed by atoms with Crippen LogP contribution in [0.1, 0.15) is 30.6 Å². The van der Waals surface area contributed by atoms with Crippen LogP contribution in [0.25, 0.3) is 0 Å². The van der Waals surface area contributed by atoms with Gasteiger partial charge in [0.1, 0.15) is 11.9 Å². The SMILES string of the molecule is CCC1Nc2ccccc2C(=O)N1NC(=O)C(C)Oc1ccccc1. The molecule has 0 fully saturated rings. The molecule has 6 nitrogen and oxygen atoms in total. The van der Waals surface area contributed by atoms with Gasteiger partial charge in [0.05, 0.1) is 5.56 Å². The number of para-hydroxylation sites is 2. The van der Waals surface area contributed by atoms with E-state index in [9.17, 15) is 9.59 Å². The van der Waals surface area contributed by atoms with Crippen molar-refractivity contribution in [2.45, 2.75) is 32.5 Å². The van der Waals surface area contributed by atoms with Crippen LogP contribution in [0.3, 0.4) is 0 Å². The molecule has 0 spiro atoms. The number of nitrogens with one attached hydrogen (secondary N) is 2. The van der Waals surface area contributed by atoms with E-state index < -0.39 is 6.10 Å². The van der Waals surface area contributed by atoms with E-state index in [1.54, 1.807) is 31.2 Å². The largest absolute Gasteiger partial charge is 0.481 e. The third-order valence-electron chi connectivity index (χ3n) is 4.05. The predicted molar refractivity (Wildman–Crippen MR) is 95.0 cm³/mol. The van der Waals surface area contributed by atoms with Gasteiger partial charge in [-0.05, 0) is 37.6 Å². The van der Waals surface area contributed by atoms with Crippen LogP contribution >= 0.6 is 0 Å². The number of hydrogen-bond donors (Lipinski definition) is 2. The summed E-state index contributed by atoms with van der Waals surface area (Å²) >= 11 is 0. The number of nitrogens with zero attached hydrogens (tertiary/aromatic N) is 1. The van der Waals surface area contributed by atoms with Gasteiger partial charge in [0, 0.05) is 5.69 Å². The fraction of sp³-hybridized carbons (Fsp3) is 0.263. The molecule has 1 aliphatic rings. The summed E-state index contributed by atoms with van der Waals surface area (Å²) in [4.78, 5) is 25.2. The number of ether oxygens (including phenoxy) is 1. The highest BCUT2D eigenvalue weighted by Crippen LogP contribution is 2.25. The standard InChI is InChI=1S/C19H21N3O3/c1-3-17-20-16-12-8-7-11-15(16)19(24)22(17)21-18(23)13(2)25-14-9-5-4-6-10-14/h4-13,17,20H,3H2,1-2H3,(H,21,23). The second-order valence-electron chi connectivity index (χ2n) is 5.84. The number of amides is 2. The summed E-state index contributed by atoms with van der Waals surface area (Å²) in [7, 11) is 0. The molecule has 130 valence electrons. The lowest BCUT2D eigenvalue weighted by molar-refractivity contribution is -0.132. The molecule has 6 heteroatoms. The minimum Gasteiger partial charge on any atom is -0.481 e. The van der Waals surface area contributed by atoms with Gasteiger partial charge in [0.25, 0.3) is 11.8 Å². The molecule has 2 amide bonds. The molecule has 0 aliphatic carbocycles. The first-order valence-electron chi connectivity index (χ1n) is 8.31. The van der Waals surface area contributed by atoms with Crippen molar-refractivity contribution in [3.8, 4) is 5.75 Å². The first-order chi connectivity index (χ1) is 12.1. The molecule has 0 bridgehead atoms. The van der Waals surface area contributed by atoms with E-state index in [4.69, 9.17) is 4.74 Å². The Bertz CT molecular complexity index is 764. The minimum atomic E-state index is -0.732. The van der Waals surface area contributed by atoms with Crippen LogP contribution in [0.5, 0.6) is 5.75 Å². The van der Waals surface area contributed by atoms with Gasteiger partial charge >= 0.3 is 0 Å². The maximum atomic E-state index is 12.7. The van der Waals surface area contributed by atoms with E-state index in [1.807, 2.05) is 37.3 Å². The zero-order valence-corrected chi connectivity index (χ0v) is 14.2. The lowest BCUT2D eigenvalue weighted by atomic mass is 10.1. The van der Waals surface area contributed by atoms with E-state index in [1.165, 1.54) is 5.01 Å². The highest BCUT2D eigenvalue weighted by Gasteiger charge is 2.33. The highest BCUT2D eigenvalue weighted by atomic mass is 16.5. The van der Waals surface area contributed by atoms with Gasteiger partial charge in [-0.1, -0.05) is 37.3 Å². The van der Waals surface area contributed by atoms with E-state index in [0.717, 1.165) is 5.69 Å². The second-order valence-corrected chi connectivity index (χ2v) is 5.84. The fourth-order valence-electron chi connectivity index (χ4n) is 2.69. The normalized spacial score (nSPS) is 17.3. The number of carbonyl (C=O) groups excluding carboxylic acids is 2. The maximum Gasteiger partial charge on any atom is 0.279 e. The summed E-state index contributed by atoms with van der Waals surface area (Å²) in [5, 5.41) is 4.61. The van der Waals surface area contributed by atoms with Crippen molar-refractivity contribution in [1.82, 2.24) is 10.4 Å². The Labute approximate surface area is 146 Å². The van der Waals surface area contributed by atoms with E-state index >= 15 is 0 Å². The summed E-state index contributed by atoms with van der Waals surface area (Å²) in [5.74, 6) is -0.0103. The van der Waals surface area contributed by atoms with Gasteiger partial charge in [-0.2, -0.15) is 0 Å². The number of rotatable bonds is 5. The average molecular weight is 339 g/mol. The molecule has 2 atom stereocenters. The third kappa shape index (κ3) is 3.57. The van der Waals surface area contributed by atoms with Crippen LogP contribution in [-0.4, -0.2) is 29.1 Å². The van der Waals surface area contributed by atoms with E-state index in [0.29, 0.717) is 17.7 Å². The molecule has 2 aromatic carbocycles. The summed E-state index contributed by atoms with van der Waals surface area (Å²) in [5.41, 5.74) is 4.00. The zero-order chi connectivity index (χ0) is 17.8. The molecule has 0 radical (unpaired) electrons. The fourth-order valence-corrected chi connectivity index (χ4v) is 2.69. The van der Waals surface area contributed by atoms with Crippen LogP contribution < -0.4 is 15.5 Å². The topological polar surface area (TPSA) is 70.7 Å². The molecular weight excluding hydrogens is 318 g/mol. The molecule has 2 aromatic rings. The first-order valence-corrected chi connectivity index (χ1v) is 8.31. The Kier molecular flexibility index (Phi) is 4.88. The van der Waals surface area contributed by atoms with Crippen LogP contribution in [0.2, 0.25) is 0 Å². The quantitative estimate of drug-likeness (QED) is 0.879. The molecule has 0 saturated carbocycles.